The number of carbonyl (C=O) groups is 1. The van der Waals surface area contributed by atoms with Gasteiger partial charge in [-0.1, -0.05) is 0 Å². The molecule has 1 saturated heterocycles. The van der Waals surface area contributed by atoms with Gasteiger partial charge in [0.15, 0.2) is 5.78 Å². The largest absolute Gasteiger partial charge is 0.368 e. The van der Waals surface area contributed by atoms with E-state index < -0.39 is 5.60 Å². The predicted molar refractivity (Wildman–Crippen MR) is 34.3 cm³/mol. The molecule has 1 rings (SSSR count). The van der Waals surface area contributed by atoms with Gasteiger partial charge >= 0.3 is 0 Å². The molecule has 1 heterocycles. The van der Waals surface area contributed by atoms with Gasteiger partial charge in [-0.15, -0.1) is 0 Å². The second-order valence-corrected chi connectivity index (χ2v) is 2.74. The zero-order valence-corrected chi connectivity index (χ0v) is 5.94. The fraction of sp³-hybridized carbons (Fsp3) is 0.857. The third-order valence-electron chi connectivity index (χ3n) is 1.96. The van der Waals surface area contributed by atoms with E-state index in [0.29, 0.717) is 0 Å². The maximum Gasteiger partial charge on any atom is 0.161 e. The quantitative estimate of drug-likeness (QED) is 0.529. The molecule has 1 aliphatic rings. The maximum atomic E-state index is 10.8. The van der Waals surface area contributed by atoms with E-state index in [1.165, 1.54) is 0 Å². The molecule has 0 aliphatic carbocycles. The van der Waals surface area contributed by atoms with Crippen LogP contribution in [0.5, 0.6) is 0 Å². The molecule has 0 bridgehead atoms. The third kappa shape index (κ3) is 1.13. The molecule has 52 valence electrons. The topological polar surface area (TPSA) is 26.3 Å². The SMILES string of the molecule is CC(=O)C1(C)CCCO1. The van der Waals surface area contributed by atoms with E-state index in [1.54, 1.807) is 6.92 Å². The summed E-state index contributed by atoms with van der Waals surface area (Å²) in [6, 6.07) is 0. The van der Waals surface area contributed by atoms with Gasteiger partial charge in [0.2, 0.25) is 0 Å². The van der Waals surface area contributed by atoms with Gasteiger partial charge in [0.05, 0.1) is 0 Å². The molecule has 0 aromatic rings. The van der Waals surface area contributed by atoms with Crippen LogP contribution in [0.2, 0.25) is 0 Å². The first-order chi connectivity index (χ1) is 4.15. The zero-order valence-electron chi connectivity index (χ0n) is 5.94. The molecule has 1 atom stereocenters. The number of carbonyl (C=O) groups excluding carboxylic acids is 1. The molecule has 0 aromatic heterocycles. The van der Waals surface area contributed by atoms with Gasteiger partial charge < -0.3 is 4.74 Å². The van der Waals surface area contributed by atoms with E-state index in [1.807, 2.05) is 6.92 Å². The summed E-state index contributed by atoms with van der Waals surface area (Å²) in [5, 5.41) is 0. The van der Waals surface area contributed by atoms with Crippen molar-refractivity contribution in [2.75, 3.05) is 6.61 Å². The molecule has 2 heteroatoms. The van der Waals surface area contributed by atoms with Crippen LogP contribution in [0.1, 0.15) is 26.7 Å². The summed E-state index contributed by atoms with van der Waals surface area (Å²) in [4.78, 5) is 10.8. The molecule has 1 aliphatic heterocycles. The predicted octanol–water partition coefficient (Wildman–Crippen LogP) is 1.14. The first kappa shape index (κ1) is 6.75. The lowest BCUT2D eigenvalue weighted by molar-refractivity contribution is -0.134. The van der Waals surface area contributed by atoms with E-state index in [4.69, 9.17) is 4.74 Å². The van der Waals surface area contributed by atoms with Crippen LogP contribution in [-0.4, -0.2) is 18.0 Å². The smallest absolute Gasteiger partial charge is 0.161 e. The highest BCUT2D eigenvalue weighted by Gasteiger charge is 2.34. The molecule has 9 heavy (non-hydrogen) atoms. The second-order valence-electron chi connectivity index (χ2n) is 2.74. The van der Waals surface area contributed by atoms with Crippen molar-refractivity contribution in [3.05, 3.63) is 0 Å². The van der Waals surface area contributed by atoms with E-state index in [9.17, 15) is 4.79 Å². The lowest BCUT2D eigenvalue weighted by Crippen LogP contribution is -2.31. The molecule has 1 fully saturated rings. The van der Waals surface area contributed by atoms with Gasteiger partial charge in [-0.2, -0.15) is 0 Å². The summed E-state index contributed by atoms with van der Waals surface area (Å²) in [5.74, 6) is 0.153. The van der Waals surface area contributed by atoms with Gasteiger partial charge in [-0.05, 0) is 26.7 Å². The van der Waals surface area contributed by atoms with Crippen LogP contribution in [-0.2, 0) is 9.53 Å². The first-order valence-electron chi connectivity index (χ1n) is 3.30. The minimum absolute atomic E-state index is 0.153. The van der Waals surface area contributed by atoms with E-state index in [-0.39, 0.29) is 5.78 Å². The number of hydrogen-bond donors (Lipinski definition) is 0. The minimum atomic E-state index is -0.444. The van der Waals surface area contributed by atoms with Crippen LogP contribution in [0.3, 0.4) is 0 Å². The normalized spacial score (nSPS) is 34.9. The summed E-state index contributed by atoms with van der Waals surface area (Å²) in [6.07, 6.45) is 1.92. The monoisotopic (exact) mass is 128 g/mol. The van der Waals surface area contributed by atoms with E-state index >= 15 is 0 Å². The summed E-state index contributed by atoms with van der Waals surface area (Å²) in [6.45, 7) is 4.20. The van der Waals surface area contributed by atoms with Crippen molar-refractivity contribution >= 4 is 5.78 Å². The van der Waals surface area contributed by atoms with Gasteiger partial charge in [0.25, 0.3) is 0 Å². The van der Waals surface area contributed by atoms with Gasteiger partial charge in [0, 0.05) is 6.61 Å². The fourth-order valence-electron chi connectivity index (χ4n) is 1.06. The Balaban J connectivity index is 2.61. The van der Waals surface area contributed by atoms with E-state index in [0.717, 1.165) is 19.4 Å². The van der Waals surface area contributed by atoms with Crippen LogP contribution in [0, 0.1) is 0 Å². The molecular formula is C7H12O2. The summed E-state index contributed by atoms with van der Waals surface area (Å²) < 4.78 is 5.25. The highest BCUT2D eigenvalue weighted by atomic mass is 16.5. The van der Waals surface area contributed by atoms with E-state index in [2.05, 4.69) is 0 Å². The Morgan fingerprint density at radius 1 is 1.67 bits per heavy atom. The molecule has 0 amide bonds. The number of rotatable bonds is 1. The van der Waals surface area contributed by atoms with Crippen LogP contribution in [0.4, 0.5) is 0 Å². The molecule has 0 N–H and O–H groups in total. The second kappa shape index (κ2) is 2.10. The minimum Gasteiger partial charge on any atom is -0.368 e. The van der Waals surface area contributed by atoms with Crippen molar-refractivity contribution in [1.29, 1.82) is 0 Å². The highest BCUT2D eigenvalue weighted by molar-refractivity contribution is 5.84. The number of ketones is 1. The lowest BCUT2D eigenvalue weighted by Gasteiger charge is -2.18. The van der Waals surface area contributed by atoms with Crippen molar-refractivity contribution in [1.82, 2.24) is 0 Å². The molecular weight excluding hydrogens is 116 g/mol. The van der Waals surface area contributed by atoms with Gasteiger partial charge in [-0.25, -0.2) is 0 Å². The van der Waals surface area contributed by atoms with Gasteiger partial charge in [0.1, 0.15) is 5.60 Å². The van der Waals surface area contributed by atoms with Crippen LogP contribution in [0.25, 0.3) is 0 Å². The maximum absolute atomic E-state index is 10.8. The van der Waals surface area contributed by atoms with Crippen molar-refractivity contribution < 1.29 is 9.53 Å². The standard InChI is InChI=1S/C7H12O2/c1-6(8)7(2)4-3-5-9-7/h3-5H2,1-2H3. The zero-order chi connectivity index (χ0) is 6.91. The molecule has 1 unspecified atom stereocenters. The summed E-state index contributed by atoms with van der Waals surface area (Å²) >= 11 is 0. The first-order valence-corrected chi connectivity index (χ1v) is 3.30. The average Bonchev–Trinajstić information content (AvgIpc) is 2.16. The van der Waals surface area contributed by atoms with Crippen molar-refractivity contribution in [2.45, 2.75) is 32.3 Å². The van der Waals surface area contributed by atoms with Crippen LogP contribution >= 0.6 is 0 Å². The Bertz CT molecular complexity index is 123. The highest BCUT2D eigenvalue weighted by Crippen LogP contribution is 2.25. The van der Waals surface area contributed by atoms with Crippen molar-refractivity contribution in [3.8, 4) is 0 Å². The molecule has 0 aromatic carbocycles. The number of ether oxygens (including phenoxy) is 1. The molecule has 0 radical (unpaired) electrons. The molecule has 0 saturated carbocycles. The average molecular weight is 128 g/mol. The number of Topliss-reactive ketones (excluding diaryl/α,β-unsaturated/α-hetero) is 1. The van der Waals surface area contributed by atoms with Gasteiger partial charge in [-0.3, -0.25) is 4.79 Å². The van der Waals surface area contributed by atoms with Crippen LogP contribution < -0.4 is 0 Å². The summed E-state index contributed by atoms with van der Waals surface area (Å²) in [5.41, 5.74) is -0.444. The Morgan fingerprint density at radius 2 is 2.33 bits per heavy atom. The fourth-order valence-corrected chi connectivity index (χ4v) is 1.06. The van der Waals surface area contributed by atoms with Crippen LogP contribution in [0.15, 0.2) is 0 Å². The Labute approximate surface area is 55.2 Å². The number of hydrogen-bond acceptors (Lipinski definition) is 2. The molecule has 0 spiro atoms. The lowest BCUT2D eigenvalue weighted by atomic mass is 9.99. The Kier molecular flexibility index (Phi) is 1.58. The molecule has 2 nitrogen and oxygen atoms in total. The van der Waals surface area contributed by atoms with Crippen molar-refractivity contribution in [3.63, 3.8) is 0 Å². The Hall–Kier alpha value is -0.370. The van der Waals surface area contributed by atoms with Crippen molar-refractivity contribution in [2.24, 2.45) is 0 Å². The third-order valence-corrected chi connectivity index (χ3v) is 1.96. The summed E-state index contributed by atoms with van der Waals surface area (Å²) in [7, 11) is 0. The Morgan fingerprint density at radius 3 is 2.56 bits per heavy atom.